The second-order valence-corrected chi connectivity index (χ2v) is 6.27. The molecule has 0 bridgehead atoms. The highest BCUT2D eigenvalue weighted by Crippen LogP contribution is 2.23. The number of carbonyl (C=O) groups is 1. The zero-order valence-corrected chi connectivity index (χ0v) is 13.1. The molecular weight excluding hydrogens is 328 g/mol. The normalized spacial score (nSPS) is 19.5. The average Bonchev–Trinajstić information content (AvgIpc) is 2.39. The van der Waals surface area contributed by atoms with Gasteiger partial charge in [0.2, 0.25) is 5.91 Å². The minimum Gasteiger partial charge on any atom is -0.341 e. The Kier molecular flexibility index (Phi) is 5.25. The molecule has 1 fully saturated rings. The first kappa shape index (κ1) is 14.8. The number of piperidine rings is 1. The standard InChI is InChI=1S/C14H18BrClN2O/c15-13-5-4-11(16)8-10(13)3-6-14(19)18-7-1-2-12(17)9-18/h4-5,8,12H,1-3,6-7,9,17H2/t12-/m0/s1. The summed E-state index contributed by atoms with van der Waals surface area (Å²) in [4.78, 5) is 14.0. The van der Waals surface area contributed by atoms with Gasteiger partial charge in [0.05, 0.1) is 0 Å². The summed E-state index contributed by atoms with van der Waals surface area (Å²) in [6.45, 7) is 1.53. The summed E-state index contributed by atoms with van der Waals surface area (Å²) in [5.41, 5.74) is 6.97. The van der Waals surface area contributed by atoms with Crippen LogP contribution in [-0.4, -0.2) is 29.9 Å². The number of likely N-dealkylation sites (tertiary alicyclic amines) is 1. The predicted octanol–water partition coefficient (Wildman–Crippen LogP) is 2.98. The van der Waals surface area contributed by atoms with Gasteiger partial charge < -0.3 is 10.6 Å². The van der Waals surface area contributed by atoms with Crippen molar-refractivity contribution < 1.29 is 4.79 Å². The van der Waals surface area contributed by atoms with Gasteiger partial charge in [-0.25, -0.2) is 0 Å². The summed E-state index contributed by atoms with van der Waals surface area (Å²) < 4.78 is 1.00. The fourth-order valence-electron chi connectivity index (χ4n) is 2.37. The fraction of sp³-hybridized carbons (Fsp3) is 0.500. The van der Waals surface area contributed by atoms with Crippen molar-refractivity contribution in [2.24, 2.45) is 5.73 Å². The van der Waals surface area contributed by atoms with Gasteiger partial charge in [-0.05, 0) is 43.0 Å². The molecule has 0 aliphatic carbocycles. The van der Waals surface area contributed by atoms with Gasteiger partial charge in [0.15, 0.2) is 0 Å². The van der Waals surface area contributed by atoms with Gasteiger partial charge in [-0.1, -0.05) is 27.5 Å². The van der Waals surface area contributed by atoms with Crippen LogP contribution in [-0.2, 0) is 11.2 Å². The first-order valence-electron chi connectivity index (χ1n) is 6.53. The molecule has 1 aromatic rings. The van der Waals surface area contributed by atoms with E-state index >= 15 is 0 Å². The van der Waals surface area contributed by atoms with Crippen LogP contribution < -0.4 is 5.73 Å². The van der Waals surface area contributed by atoms with Crippen molar-refractivity contribution in [3.63, 3.8) is 0 Å². The Morgan fingerprint density at radius 3 is 3.05 bits per heavy atom. The lowest BCUT2D eigenvalue weighted by Crippen LogP contribution is -2.45. The minimum atomic E-state index is 0.135. The predicted molar refractivity (Wildman–Crippen MR) is 81.3 cm³/mol. The smallest absolute Gasteiger partial charge is 0.222 e. The number of nitrogens with two attached hydrogens (primary N) is 1. The fourth-order valence-corrected chi connectivity index (χ4v) is 3.01. The number of amides is 1. The first-order valence-corrected chi connectivity index (χ1v) is 7.70. The Hall–Kier alpha value is -0.580. The summed E-state index contributed by atoms with van der Waals surface area (Å²) in [7, 11) is 0. The van der Waals surface area contributed by atoms with Gasteiger partial charge in [-0.15, -0.1) is 0 Å². The van der Waals surface area contributed by atoms with Crippen LogP contribution in [0.4, 0.5) is 0 Å². The van der Waals surface area contributed by atoms with E-state index < -0.39 is 0 Å². The third-order valence-corrected chi connectivity index (χ3v) is 4.44. The molecule has 1 saturated heterocycles. The van der Waals surface area contributed by atoms with Crippen LogP contribution in [0.15, 0.2) is 22.7 Å². The molecule has 0 spiro atoms. The molecule has 5 heteroatoms. The number of aryl methyl sites for hydroxylation is 1. The third-order valence-electron chi connectivity index (χ3n) is 3.43. The van der Waals surface area contributed by atoms with Crippen LogP contribution in [0.2, 0.25) is 5.02 Å². The topological polar surface area (TPSA) is 46.3 Å². The zero-order chi connectivity index (χ0) is 13.8. The van der Waals surface area contributed by atoms with Crippen molar-refractivity contribution in [1.82, 2.24) is 4.90 Å². The third kappa shape index (κ3) is 4.20. The SMILES string of the molecule is N[C@H]1CCCN(C(=O)CCc2cc(Cl)ccc2Br)C1. The van der Waals surface area contributed by atoms with Crippen LogP contribution in [0, 0.1) is 0 Å². The lowest BCUT2D eigenvalue weighted by Gasteiger charge is -2.30. The van der Waals surface area contributed by atoms with Gasteiger partial charge in [-0.2, -0.15) is 0 Å². The number of halogens is 2. The van der Waals surface area contributed by atoms with Gasteiger partial charge in [0, 0.05) is 35.0 Å². The molecule has 1 amide bonds. The van der Waals surface area contributed by atoms with E-state index in [0.717, 1.165) is 29.4 Å². The van der Waals surface area contributed by atoms with Crippen LogP contribution >= 0.6 is 27.5 Å². The van der Waals surface area contributed by atoms with E-state index in [1.54, 1.807) is 0 Å². The van der Waals surface area contributed by atoms with E-state index in [0.29, 0.717) is 24.4 Å². The Morgan fingerprint density at radius 1 is 1.53 bits per heavy atom. The zero-order valence-electron chi connectivity index (χ0n) is 10.7. The monoisotopic (exact) mass is 344 g/mol. The maximum absolute atomic E-state index is 12.1. The van der Waals surface area contributed by atoms with E-state index in [4.69, 9.17) is 17.3 Å². The van der Waals surface area contributed by atoms with Crippen molar-refractivity contribution in [1.29, 1.82) is 0 Å². The van der Waals surface area contributed by atoms with Crippen LogP contribution in [0.25, 0.3) is 0 Å². The van der Waals surface area contributed by atoms with Gasteiger partial charge in [0.1, 0.15) is 0 Å². The molecule has 1 heterocycles. The number of hydrogen-bond donors (Lipinski definition) is 1. The molecule has 1 aliphatic rings. The van der Waals surface area contributed by atoms with Crippen LogP contribution in [0.5, 0.6) is 0 Å². The summed E-state index contributed by atoms with van der Waals surface area (Å²) in [5.74, 6) is 0.182. The molecule has 2 N–H and O–H groups in total. The van der Waals surface area contributed by atoms with E-state index in [1.165, 1.54) is 0 Å². The second-order valence-electron chi connectivity index (χ2n) is 4.98. The van der Waals surface area contributed by atoms with E-state index in [1.807, 2.05) is 23.1 Å². The van der Waals surface area contributed by atoms with E-state index in [9.17, 15) is 4.79 Å². The highest BCUT2D eigenvalue weighted by Gasteiger charge is 2.20. The highest BCUT2D eigenvalue weighted by atomic mass is 79.9. The number of rotatable bonds is 3. The Bertz CT molecular complexity index is 467. The van der Waals surface area contributed by atoms with Gasteiger partial charge >= 0.3 is 0 Å². The molecule has 0 unspecified atom stereocenters. The summed E-state index contributed by atoms with van der Waals surface area (Å²) in [5, 5.41) is 0.700. The number of nitrogens with zero attached hydrogens (tertiary/aromatic N) is 1. The molecule has 3 nitrogen and oxygen atoms in total. The van der Waals surface area contributed by atoms with Crippen LogP contribution in [0.3, 0.4) is 0 Å². The molecule has 104 valence electrons. The second kappa shape index (κ2) is 6.73. The maximum Gasteiger partial charge on any atom is 0.222 e. The first-order chi connectivity index (χ1) is 9.06. The number of benzene rings is 1. The molecule has 1 aromatic carbocycles. The number of hydrogen-bond acceptors (Lipinski definition) is 2. The molecule has 1 atom stereocenters. The molecule has 0 aromatic heterocycles. The van der Waals surface area contributed by atoms with Crippen molar-refractivity contribution in [3.05, 3.63) is 33.3 Å². The Labute approximate surface area is 127 Å². The largest absolute Gasteiger partial charge is 0.341 e. The lowest BCUT2D eigenvalue weighted by molar-refractivity contribution is -0.132. The summed E-state index contributed by atoms with van der Waals surface area (Å²) in [6, 6.07) is 5.79. The van der Waals surface area contributed by atoms with E-state index in [-0.39, 0.29) is 11.9 Å². The van der Waals surface area contributed by atoms with Crippen LogP contribution in [0.1, 0.15) is 24.8 Å². The molecule has 1 aliphatic heterocycles. The maximum atomic E-state index is 12.1. The molecular formula is C14H18BrClN2O. The molecule has 0 saturated carbocycles. The van der Waals surface area contributed by atoms with Crippen molar-refractivity contribution in [2.75, 3.05) is 13.1 Å². The molecule has 0 radical (unpaired) electrons. The average molecular weight is 346 g/mol. The highest BCUT2D eigenvalue weighted by molar-refractivity contribution is 9.10. The molecule has 19 heavy (non-hydrogen) atoms. The van der Waals surface area contributed by atoms with Crippen molar-refractivity contribution >= 4 is 33.4 Å². The van der Waals surface area contributed by atoms with Gasteiger partial charge in [-0.3, -0.25) is 4.79 Å². The summed E-state index contributed by atoms with van der Waals surface area (Å²) >= 11 is 9.45. The Balaban J connectivity index is 1.91. The number of carbonyl (C=O) groups excluding carboxylic acids is 1. The summed E-state index contributed by atoms with van der Waals surface area (Å²) in [6.07, 6.45) is 3.23. The van der Waals surface area contributed by atoms with Gasteiger partial charge in [0.25, 0.3) is 0 Å². The minimum absolute atomic E-state index is 0.135. The van der Waals surface area contributed by atoms with Crippen molar-refractivity contribution in [2.45, 2.75) is 31.7 Å². The quantitative estimate of drug-likeness (QED) is 0.915. The van der Waals surface area contributed by atoms with E-state index in [2.05, 4.69) is 15.9 Å². The molecule has 2 rings (SSSR count). The lowest BCUT2D eigenvalue weighted by atomic mass is 10.0. The Morgan fingerprint density at radius 2 is 2.32 bits per heavy atom. The van der Waals surface area contributed by atoms with Crippen molar-refractivity contribution in [3.8, 4) is 0 Å².